The Labute approximate surface area is 190 Å². The summed E-state index contributed by atoms with van der Waals surface area (Å²) in [6.07, 6.45) is -1.45. The summed E-state index contributed by atoms with van der Waals surface area (Å²) in [5.41, 5.74) is 1.47. The molecule has 0 bridgehead atoms. The van der Waals surface area contributed by atoms with Gasteiger partial charge in [0.25, 0.3) is 0 Å². The average Bonchev–Trinajstić information content (AvgIpc) is 3.44. The van der Waals surface area contributed by atoms with Crippen LogP contribution in [0.5, 0.6) is 0 Å². The maximum Gasteiger partial charge on any atom is 0.389 e. The monoisotopic (exact) mass is 467 g/mol. The van der Waals surface area contributed by atoms with E-state index in [1.807, 2.05) is 4.57 Å². The predicted molar refractivity (Wildman–Crippen MR) is 113 cm³/mol. The highest BCUT2D eigenvalue weighted by Gasteiger charge is 2.43. The zero-order valence-electron chi connectivity index (χ0n) is 18.6. The first-order valence-electron chi connectivity index (χ1n) is 11.5. The molecule has 4 rings (SSSR count). The SMILES string of the molecule is Cc1cc(F)ccc1CC(=O)C[C@H](CCO)c1nnc(C2CC(CC(F)(F)F)C2)n1C1CC1. The number of aliphatic hydroxyl groups excluding tert-OH is 1. The fourth-order valence-corrected chi connectivity index (χ4v) is 4.92. The molecular weight excluding hydrogens is 438 g/mol. The third kappa shape index (κ3) is 5.80. The van der Waals surface area contributed by atoms with E-state index < -0.39 is 12.6 Å². The molecule has 180 valence electrons. The number of aliphatic hydroxyl groups is 1. The van der Waals surface area contributed by atoms with E-state index in [0.717, 1.165) is 24.2 Å². The van der Waals surface area contributed by atoms with Gasteiger partial charge in [-0.25, -0.2) is 4.39 Å². The third-order valence-corrected chi connectivity index (χ3v) is 6.79. The first-order valence-corrected chi connectivity index (χ1v) is 11.5. The molecule has 0 aliphatic heterocycles. The molecule has 5 nitrogen and oxygen atoms in total. The van der Waals surface area contributed by atoms with E-state index in [1.54, 1.807) is 13.0 Å². The van der Waals surface area contributed by atoms with Crippen molar-refractivity contribution < 1.29 is 27.5 Å². The number of Topliss-reactive ketones (excluding diaryl/α,β-unsaturated/α-hetero) is 1. The van der Waals surface area contributed by atoms with Crippen LogP contribution in [0.15, 0.2) is 18.2 Å². The van der Waals surface area contributed by atoms with Crippen molar-refractivity contribution in [2.24, 2.45) is 5.92 Å². The van der Waals surface area contributed by atoms with Crippen LogP contribution in [0.25, 0.3) is 0 Å². The van der Waals surface area contributed by atoms with Crippen LogP contribution < -0.4 is 0 Å². The first kappa shape index (κ1) is 23.9. The van der Waals surface area contributed by atoms with E-state index >= 15 is 0 Å². The maximum absolute atomic E-state index is 13.4. The Morgan fingerprint density at radius 3 is 2.58 bits per heavy atom. The van der Waals surface area contributed by atoms with Crippen LogP contribution in [0, 0.1) is 18.7 Å². The molecule has 9 heteroatoms. The van der Waals surface area contributed by atoms with E-state index in [1.165, 1.54) is 12.1 Å². The van der Waals surface area contributed by atoms with E-state index in [0.29, 0.717) is 30.7 Å². The molecule has 1 aromatic carbocycles. The number of ketones is 1. The summed E-state index contributed by atoms with van der Waals surface area (Å²) >= 11 is 0. The first-order chi connectivity index (χ1) is 15.6. The fourth-order valence-electron chi connectivity index (χ4n) is 4.92. The van der Waals surface area contributed by atoms with Gasteiger partial charge in [0, 0.05) is 43.7 Å². The molecule has 2 fully saturated rings. The quantitative estimate of drug-likeness (QED) is 0.490. The van der Waals surface area contributed by atoms with Gasteiger partial charge in [-0.1, -0.05) is 6.07 Å². The van der Waals surface area contributed by atoms with Crippen LogP contribution in [-0.4, -0.2) is 38.4 Å². The van der Waals surface area contributed by atoms with Gasteiger partial charge in [0.05, 0.1) is 0 Å². The Morgan fingerprint density at radius 2 is 1.97 bits per heavy atom. The van der Waals surface area contributed by atoms with Crippen molar-refractivity contribution in [2.75, 3.05) is 6.61 Å². The number of alkyl halides is 3. The highest BCUT2D eigenvalue weighted by molar-refractivity contribution is 5.81. The van der Waals surface area contributed by atoms with E-state index in [2.05, 4.69) is 10.2 Å². The smallest absolute Gasteiger partial charge is 0.389 e. The Morgan fingerprint density at radius 1 is 1.24 bits per heavy atom. The number of carbonyl (C=O) groups is 1. The molecule has 0 spiro atoms. The van der Waals surface area contributed by atoms with Crippen molar-refractivity contribution in [2.45, 2.75) is 82.3 Å². The lowest BCUT2D eigenvalue weighted by Crippen LogP contribution is -2.29. The van der Waals surface area contributed by atoms with Crippen LogP contribution in [0.2, 0.25) is 0 Å². The van der Waals surface area contributed by atoms with Crippen LogP contribution >= 0.6 is 0 Å². The summed E-state index contributed by atoms with van der Waals surface area (Å²) < 4.78 is 53.4. The molecule has 33 heavy (non-hydrogen) atoms. The van der Waals surface area contributed by atoms with Crippen LogP contribution in [0.1, 0.15) is 85.6 Å². The van der Waals surface area contributed by atoms with Crippen molar-refractivity contribution in [3.8, 4) is 0 Å². The molecule has 1 aromatic heterocycles. The highest BCUT2D eigenvalue weighted by atomic mass is 19.4. The molecular formula is C24H29F4N3O2. The molecule has 2 aromatic rings. The zero-order chi connectivity index (χ0) is 23.8. The van der Waals surface area contributed by atoms with Crippen LogP contribution in [0.3, 0.4) is 0 Å². The number of hydrogen-bond donors (Lipinski definition) is 1. The second-order valence-electron chi connectivity index (χ2n) is 9.57. The van der Waals surface area contributed by atoms with Gasteiger partial charge >= 0.3 is 6.18 Å². The minimum Gasteiger partial charge on any atom is -0.396 e. The van der Waals surface area contributed by atoms with Crippen LogP contribution in [-0.2, 0) is 11.2 Å². The molecule has 0 unspecified atom stereocenters. The number of aryl methyl sites for hydroxylation is 1. The lowest BCUT2D eigenvalue weighted by molar-refractivity contribution is -0.151. The molecule has 1 atom stereocenters. The normalized spacial score (nSPS) is 21.6. The summed E-state index contributed by atoms with van der Waals surface area (Å²) in [7, 11) is 0. The second-order valence-corrected chi connectivity index (χ2v) is 9.57. The van der Waals surface area contributed by atoms with Gasteiger partial charge in [-0.2, -0.15) is 13.2 Å². The van der Waals surface area contributed by atoms with Gasteiger partial charge in [0.1, 0.15) is 23.2 Å². The molecule has 0 radical (unpaired) electrons. The number of hydrogen-bond acceptors (Lipinski definition) is 4. The van der Waals surface area contributed by atoms with Gasteiger partial charge in [0.15, 0.2) is 0 Å². The lowest BCUT2D eigenvalue weighted by Gasteiger charge is -2.35. The topological polar surface area (TPSA) is 68.0 Å². The van der Waals surface area contributed by atoms with E-state index in [9.17, 15) is 27.5 Å². The molecule has 0 saturated heterocycles. The number of halogens is 4. The van der Waals surface area contributed by atoms with Gasteiger partial charge in [-0.15, -0.1) is 10.2 Å². The lowest BCUT2D eigenvalue weighted by atomic mass is 9.72. The molecule has 1 heterocycles. The Balaban J connectivity index is 1.48. The number of nitrogens with zero attached hydrogens (tertiary/aromatic N) is 3. The van der Waals surface area contributed by atoms with Crippen molar-refractivity contribution >= 4 is 5.78 Å². The fraction of sp³-hybridized carbons (Fsp3) is 0.625. The standard InChI is InChI=1S/C24H29F4N3O2/c1-14-8-19(25)3-2-16(14)11-21(33)12-17(6-7-32)22-29-30-23(31(22)20-4-5-20)18-9-15(10-18)13-24(26,27)28/h2-3,8,15,17-18,20,32H,4-7,9-13H2,1H3/t15?,17-,18?/m0/s1. The summed E-state index contributed by atoms with van der Waals surface area (Å²) in [5, 5.41) is 18.3. The third-order valence-electron chi connectivity index (χ3n) is 6.79. The van der Waals surface area contributed by atoms with Gasteiger partial charge in [-0.3, -0.25) is 4.79 Å². The summed E-state index contributed by atoms with van der Waals surface area (Å²) in [5.74, 6) is 0.226. The largest absolute Gasteiger partial charge is 0.396 e. The van der Waals surface area contributed by atoms with Gasteiger partial charge in [0.2, 0.25) is 0 Å². The number of rotatable bonds is 10. The molecule has 2 aliphatic rings. The minimum absolute atomic E-state index is 0.0380. The summed E-state index contributed by atoms with van der Waals surface area (Å²) in [6, 6.07) is 4.56. The zero-order valence-corrected chi connectivity index (χ0v) is 18.6. The Bertz CT molecular complexity index is 994. The summed E-state index contributed by atoms with van der Waals surface area (Å²) in [4.78, 5) is 12.8. The predicted octanol–water partition coefficient (Wildman–Crippen LogP) is 5.17. The van der Waals surface area contributed by atoms with E-state index in [-0.39, 0.29) is 54.8 Å². The number of carbonyl (C=O) groups excluding carboxylic acids is 1. The van der Waals surface area contributed by atoms with Crippen molar-refractivity contribution in [1.29, 1.82) is 0 Å². The Kier molecular flexibility index (Phi) is 6.88. The van der Waals surface area contributed by atoms with E-state index in [4.69, 9.17) is 0 Å². The van der Waals surface area contributed by atoms with Crippen molar-refractivity contribution in [3.05, 3.63) is 46.8 Å². The summed E-state index contributed by atoms with van der Waals surface area (Å²) in [6.45, 7) is 1.65. The number of benzene rings is 1. The van der Waals surface area contributed by atoms with Crippen molar-refractivity contribution in [1.82, 2.24) is 14.8 Å². The van der Waals surface area contributed by atoms with Gasteiger partial charge in [-0.05, 0) is 68.2 Å². The number of aromatic nitrogens is 3. The van der Waals surface area contributed by atoms with Gasteiger partial charge < -0.3 is 9.67 Å². The molecule has 2 aliphatic carbocycles. The van der Waals surface area contributed by atoms with Crippen LogP contribution in [0.4, 0.5) is 17.6 Å². The molecule has 0 amide bonds. The minimum atomic E-state index is -4.15. The highest BCUT2D eigenvalue weighted by Crippen LogP contribution is 2.49. The molecule has 2 saturated carbocycles. The second kappa shape index (κ2) is 9.52. The van der Waals surface area contributed by atoms with Crippen molar-refractivity contribution in [3.63, 3.8) is 0 Å². The maximum atomic E-state index is 13.4. The Hall–Kier alpha value is -2.29. The molecule has 1 N–H and O–H groups in total. The average molecular weight is 468 g/mol.